The fourth-order valence-corrected chi connectivity index (χ4v) is 2.78. The summed E-state index contributed by atoms with van der Waals surface area (Å²) in [6.45, 7) is 17.5. The molecule has 0 aromatic carbocycles. The monoisotopic (exact) mass is 242 g/mol. The van der Waals surface area contributed by atoms with Gasteiger partial charge in [-0.3, -0.25) is 4.90 Å². The van der Waals surface area contributed by atoms with Gasteiger partial charge in [-0.2, -0.15) is 0 Å². The molecule has 3 heteroatoms. The zero-order chi connectivity index (χ0) is 13.1. The van der Waals surface area contributed by atoms with Gasteiger partial charge in [0.2, 0.25) is 0 Å². The van der Waals surface area contributed by atoms with Crippen LogP contribution in [0, 0.1) is 0 Å². The summed E-state index contributed by atoms with van der Waals surface area (Å²) in [5, 5.41) is 3.50. The Bertz CT molecular complexity index is 222. The van der Waals surface area contributed by atoms with Crippen LogP contribution >= 0.6 is 0 Å². The van der Waals surface area contributed by atoms with Crippen molar-refractivity contribution in [3.8, 4) is 0 Å². The third-order valence-electron chi connectivity index (χ3n) is 3.21. The molecule has 1 aliphatic heterocycles. The van der Waals surface area contributed by atoms with Gasteiger partial charge in [0.25, 0.3) is 0 Å². The van der Waals surface area contributed by atoms with E-state index in [1.54, 1.807) is 0 Å². The first-order chi connectivity index (χ1) is 7.76. The number of nitrogens with zero attached hydrogens (tertiary/aromatic N) is 1. The van der Waals surface area contributed by atoms with Crippen molar-refractivity contribution >= 4 is 0 Å². The lowest BCUT2D eigenvalue weighted by Gasteiger charge is -2.49. The van der Waals surface area contributed by atoms with Gasteiger partial charge in [0, 0.05) is 25.7 Å². The minimum absolute atomic E-state index is 0.0409. The maximum absolute atomic E-state index is 6.11. The lowest BCUT2D eigenvalue weighted by molar-refractivity contribution is -0.186. The van der Waals surface area contributed by atoms with Gasteiger partial charge >= 0.3 is 0 Å². The third kappa shape index (κ3) is 4.94. The molecule has 17 heavy (non-hydrogen) atoms. The highest BCUT2D eigenvalue weighted by atomic mass is 16.5. The summed E-state index contributed by atoms with van der Waals surface area (Å²) in [6.07, 6.45) is 1.20. The van der Waals surface area contributed by atoms with E-state index in [0.29, 0.717) is 6.04 Å². The Balaban J connectivity index is 2.52. The predicted octanol–water partition coefficient (Wildman–Crippen LogP) is 2.26. The molecular weight excluding hydrogens is 212 g/mol. The molecular formula is C14H30N2O. The van der Waals surface area contributed by atoms with Crippen molar-refractivity contribution in [2.75, 3.05) is 26.2 Å². The van der Waals surface area contributed by atoms with Crippen molar-refractivity contribution in [2.45, 2.75) is 65.2 Å². The first-order valence-corrected chi connectivity index (χ1v) is 6.91. The summed E-state index contributed by atoms with van der Waals surface area (Å²) in [4.78, 5) is 2.55. The van der Waals surface area contributed by atoms with Crippen molar-refractivity contribution in [1.82, 2.24) is 10.2 Å². The summed E-state index contributed by atoms with van der Waals surface area (Å²) in [6, 6.07) is 0.573. The topological polar surface area (TPSA) is 24.5 Å². The lowest BCUT2D eigenvalue weighted by atomic mass is 9.97. The average molecular weight is 242 g/mol. The number of hydrogen-bond acceptors (Lipinski definition) is 3. The molecule has 102 valence electrons. The minimum atomic E-state index is -0.0409. The fourth-order valence-electron chi connectivity index (χ4n) is 2.78. The number of nitrogens with one attached hydrogen (secondary N) is 1. The van der Waals surface area contributed by atoms with E-state index in [1.807, 2.05) is 0 Å². The van der Waals surface area contributed by atoms with Crippen LogP contribution in [0.15, 0.2) is 0 Å². The lowest BCUT2D eigenvalue weighted by Crippen LogP contribution is -2.60. The van der Waals surface area contributed by atoms with Crippen LogP contribution in [0.2, 0.25) is 0 Å². The van der Waals surface area contributed by atoms with E-state index in [4.69, 9.17) is 4.74 Å². The standard InChI is InChI=1S/C14H30N2O/c1-7-8-15-9-12(2)16-10-13(3,4)17-14(5,6)11-16/h12,15H,7-11H2,1-6H3. The second-order valence-electron chi connectivity index (χ2n) is 6.58. The third-order valence-corrected chi connectivity index (χ3v) is 3.21. The SMILES string of the molecule is CCCNCC(C)N1CC(C)(C)OC(C)(C)C1. The molecule has 0 amide bonds. The van der Waals surface area contributed by atoms with Crippen LogP contribution in [0.25, 0.3) is 0 Å². The normalized spacial score (nSPS) is 25.8. The van der Waals surface area contributed by atoms with Gasteiger partial charge in [-0.1, -0.05) is 6.92 Å². The van der Waals surface area contributed by atoms with Crippen LogP contribution in [0.1, 0.15) is 48.0 Å². The molecule has 0 saturated carbocycles. The Morgan fingerprint density at radius 2 is 1.71 bits per heavy atom. The molecule has 1 rings (SSSR count). The van der Waals surface area contributed by atoms with Gasteiger partial charge in [-0.15, -0.1) is 0 Å². The molecule has 0 radical (unpaired) electrons. The van der Waals surface area contributed by atoms with Gasteiger partial charge < -0.3 is 10.1 Å². The van der Waals surface area contributed by atoms with Crippen molar-refractivity contribution < 1.29 is 4.74 Å². The largest absolute Gasteiger partial charge is 0.367 e. The first kappa shape index (κ1) is 14.9. The van der Waals surface area contributed by atoms with E-state index in [-0.39, 0.29) is 11.2 Å². The molecule has 1 fully saturated rings. The molecule has 1 aliphatic rings. The molecule has 0 aromatic rings. The molecule has 0 bridgehead atoms. The number of ether oxygens (including phenoxy) is 1. The van der Waals surface area contributed by atoms with Gasteiger partial charge in [-0.25, -0.2) is 0 Å². The summed E-state index contributed by atoms with van der Waals surface area (Å²) < 4.78 is 6.11. The summed E-state index contributed by atoms with van der Waals surface area (Å²) in [7, 11) is 0. The molecule has 3 nitrogen and oxygen atoms in total. The summed E-state index contributed by atoms with van der Waals surface area (Å²) in [5.41, 5.74) is -0.0818. The highest BCUT2D eigenvalue weighted by Gasteiger charge is 2.39. The molecule has 0 spiro atoms. The molecule has 0 aromatic heterocycles. The summed E-state index contributed by atoms with van der Waals surface area (Å²) in [5.74, 6) is 0. The molecule has 1 unspecified atom stereocenters. The van der Waals surface area contributed by atoms with E-state index in [2.05, 4.69) is 51.8 Å². The van der Waals surface area contributed by atoms with Crippen molar-refractivity contribution in [3.63, 3.8) is 0 Å². The Morgan fingerprint density at radius 1 is 1.18 bits per heavy atom. The van der Waals surface area contributed by atoms with E-state index in [0.717, 1.165) is 26.2 Å². The van der Waals surface area contributed by atoms with Crippen molar-refractivity contribution in [1.29, 1.82) is 0 Å². The number of rotatable bonds is 5. The van der Waals surface area contributed by atoms with Crippen molar-refractivity contribution in [3.05, 3.63) is 0 Å². The maximum atomic E-state index is 6.11. The Morgan fingerprint density at radius 3 is 2.18 bits per heavy atom. The average Bonchev–Trinajstić information content (AvgIpc) is 2.13. The Hall–Kier alpha value is -0.120. The Labute approximate surface area is 107 Å². The molecule has 1 heterocycles. The van der Waals surface area contributed by atoms with Crippen LogP contribution in [-0.2, 0) is 4.74 Å². The minimum Gasteiger partial charge on any atom is -0.367 e. The number of morpholine rings is 1. The maximum Gasteiger partial charge on any atom is 0.0760 e. The predicted molar refractivity (Wildman–Crippen MR) is 73.4 cm³/mol. The highest BCUT2D eigenvalue weighted by molar-refractivity contribution is 4.91. The second kappa shape index (κ2) is 5.68. The molecule has 0 aliphatic carbocycles. The first-order valence-electron chi connectivity index (χ1n) is 6.91. The Kier molecular flexibility index (Phi) is 4.99. The van der Waals surface area contributed by atoms with E-state index in [1.165, 1.54) is 6.42 Å². The molecule has 1 N–H and O–H groups in total. The van der Waals surface area contributed by atoms with E-state index in [9.17, 15) is 0 Å². The number of hydrogen-bond donors (Lipinski definition) is 1. The smallest absolute Gasteiger partial charge is 0.0760 e. The fraction of sp³-hybridized carbons (Fsp3) is 1.00. The molecule has 1 saturated heterocycles. The summed E-state index contributed by atoms with van der Waals surface area (Å²) >= 11 is 0. The van der Waals surface area contributed by atoms with Gasteiger partial charge in [-0.05, 0) is 47.6 Å². The van der Waals surface area contributed by atoms with E-state index >= 15 is 0 Å². The van der Waals surface area contributed by atoms with Gasteiger partial charge in [0.05, 0.1) is 11.2 Å². The van der Waals surface area contributed by atoms with Crippen LogP contribution in [0.4, 0.5) is 0 Å². The zero-order valence-corrected chi connectivity index (χ0v) is 12.5. The highest BCUT2D eigenvalue weighted by Crippen LogP contribution is 2.28. The van der Waals surface area contributed by atoms with E-state index < -0.39 is 0 Å². The second-order valence-corrected chi connectivity index (χ2v) is 6.58. The van der Waals surface area contributed by atoms with Crippen LogP contribution < -0.4 is 5.32 Å². The van der Waals surface area contributed by atoms with Crippen molar-refractivity contribution in [2.24, 2.45) is 0 Å². The quantitative estimate of drug-likeness (QED) is 0.749. The van der Waals surface area contributed by atoms with Crippen LogP contribution in [0.5, 0.6) is 0 Å². The van der Waals surface area contributed by atoms with Crippen LogP contribution in [0.3, 0.4) is 0 Å². The van der Waals surface area contributed by atoms with Gasteiger partial charge in [0.15, 0.2) is 0 Å². The van der Waals surface area contributed by atoms with Gasteiger partial charge in [0.1, 0.15) is 0 Å². The van der Waals surface area contributed by atoms with Crippen LogP contribution in [-0.4, -0.2) is 48.3 Å². The molecule has 1 atom stereocenters. The zero-order valence-electron chi connectivity index (χ0n) is 12.5.